The summed E-state index contributed by atoms with van der Waals surface area (Å²) in [4.78, 5) is 0. The van der Waals surface area contributed by atoms with Gasteiger partial charge in [-0.3, -0.25) is 0 Å². The molecule has 0 bridgehead atoms. The van der Waals surface area contributed by atoms with Crippen molar-refractivity contribution in [1.82, 2.24) is 4.57 Å². The number of benzene rings is 2. The first-order chi connectivity index (χ1) is 8.78. The molecule has 1 aromatic heterocycles. The van der Waals surface area contributed by atoms with Crippen molar-refractivity contribution in [1.29, 1.82) is 0 Å². The standard InChI is InChI=1S/C17H17N/c1-3-13-4-6-14(7-5-13)15-8-9-17-16(12-15)10-11-18(17)2/h4-12H,3H2,1-2H3. The minimum atomic E-state index is 1.10. The van der Waals surface area contributed by atoms with Gasteiger partial charge in [-0.25, -0.2) is 0 Å². The fraction of sp³-hybridized carbons (Fsp3) is 0.176. The molecule has 1 heterocycles. The average molecular weight is 235 g/mol. The van der Waals surface area contributed by atoms with Gasteiger partial charge in [-0.15, -0.1) is 0 Å². The highest BCUT2D eigenvalue weighted by Gasteiger charge is 2.02. The Kier molecular flexibility index (Phi) is 2.67. The second-order valence-corrected chi connectivity index (χ2v) is 4.75. The van der Waals surface area contributed by atoms with Crippen molar-refractivity contribution in [2.75, 3.05) is 0 Å². The molecule has 0 aliphatic rings. The zero-order valence-electron chi connectivity index (χ0n) is 10.9. The van der Waals surface area contributed by atoms with Crippen LogP contribution < -0.4 is 0 Å². The lowest BCUT2D eigenvalue weighted by Crippen LogP contribution is -1.84. The zero-order valence-corrected chi connectivity index (χ0v) is 10.9. The lowest BCUT2D eigenvalue weighted by atomic mass is 10.0. The molecule has 90 valence electrons. The molecule has 1 heteroatoms. The highest BCUT2D eigenvalue weighted by molar-refractivity contribution is 5.85. The summed E-state index contributed by atoms with van der Waals surface area (Å²) in [5.74, 6) is 0. The summed E-state index contributed by atoms with van der Waals surface area (Å²) < 4.78 is 2.15. The van der Waals surface area contributed by atoms with Crippen LogP contribution in [0.5, 0.6) is 0 Å². The number of aromatic nitrogens is 1. The molecule has 0 N–H and O–H groups in total. The van der Waals surface area contributed by atoms with E-state index in [9.17, 15) is 0 Å². The number of rotatable bonds is 2. The van der Waals surface area contributed by atoms with Crippen LogP contribution in [0.1, 0.15) is 12.5 Å². The summed E-state index contributed by atoms with van der Waals surface area (Å²) in [6, 6.07) is 17.7. The van der Waals surface area contributed by atoms with Crippen LogP contribution in [0.25, 0.3) is 22.0 Å². The number of aryl methyl sites for hydroxylation is 2. The Bertz CT molecular complexity index is 674. The second kappa shape index (κ2) is 4.34. The summed E-state index contributed by atoms with van der Waals surface area (Å²) in [5.41, 5.74) is 5.25. The summed E-state index contributed by atoms with van der Waals surface area (Å²) in [6.07, 6.45) is 3.20. The molecule has 0 aliphatic carbocycles. The lowest BCUT2D eigenvalue weighted by molar-refractivity contribution is 0.969. The molecule has 0 spiro atoms. The van der Waals surface area contributed by atoms with Gasteiger partial charge in [0.1, 0.15) is 0 Å². The zero-order chi connectivity index (χ0) is 12.5. The maximum Gasteiger partial charge on any atom is 0.0478 e. The van der Waals surface area contributed by atoms with E-state index < -0.39 is 0 Å². The smallest absolute Gasteiger partial charge is 0.0478 e. The van der Waals surface area contributed by atoms with E-state index in [0.29, 0.717) is 0 Å². The van der Waals surface area contributed by atoms with Crippen LogP contribution in [0.3, 0.4) is 0 Å². The summed E-state index contributed by atoms with van der Waals surface area (Å²) >= 11 is 0. The molecule has 1 nitrogen and oxygen atoms in total. The molecular formula is C17H17N. The predicted octanol–water partition coefficient (Wildman–Crippen LogP) is 4.41. The molecule has 2 aromatic carbocycles. The van der Waals surface area contributed by atoms with Gasteiger partial charge in [-0.2, -0.15) is 0 Å². The van der Waals surface area contributed by atoms with E-state index in [2.05, 4.69) is 73.3 Å². The SMILES string of the molecule is CCc1ccc(-c2ccc3c(ccn3C)c2)cc1. The van der Waals surface area contributed by atoms with Gasteiger partial charge in [0.2, 0.25) is 0 Å². The molecule has 0 aliphatic heterocycles. The first-order valence-corrected chi connectivity index (χ1v) is 6.42. The van der Waals surface area contributed by atoms with Crippen molar-refractivity contribution < 1.29 is 0 Å². The molecule has 0 unspecified atom stereocenters. The van der Waals surface area contributed by atoms with E-state index in [0.717, 1.165) is 6.42 Å². The Morgan fingerprint density at radius 3 is 2.33 bits per heavy atom. The average Bonchev–Trinajstić information content (AvgIpc) is 2.80. The van der Waals surface area contributed by atoms with Gasteiger partial charge in [-0.1, -0.05) is 37.3 Å². The molecule has 3 aromatic rings. The third-order valence-corrected chi connectivity index (χ3v) is 3.58. The van der Waals surface area contributed by atoms with E-state index in [4.69, 9.17) is 0 Å². The van der Waals surface area contributed by atoms with Crippen LogP contribution in [0.15, 0.2) is 54.7 Å². The third-order valence-electron chi connectivity index (χ3n) is 3.58. The minimum Gasteiger partial charge on any atom is -0.351 e. The van der Waals surface area contributed by atoms with Gasteiger partial charge < -0.3 is 4.57 Å². The first kappa shape index (κ1) is 11.1. The second-order valence-electron chi connectivity index (χ2n) is 4.75. The Balaban J connectivity index is 2.07. The highest BCUT2D eigenvalue weighted by atomic mass is 14.9. The highest BCUT2D eigenvalue weighted by Crippen LogP contribution is 2.25. The van der Waals surface area contributed by atoms with E-state index in [1.165, 1.54) is 27.6 Å². The van der Waals surface area contributed by atoms with Crippen LogP contribution in [0.4, 0.5) is 0 Å². The van der Waals surface area contributed by atoms with Crippen molar-refractivity contribution in [2.45, 2.75) is 13.3 Å². The summed E-state index contributed by atoms with van der Waals surface area (Å²) in [6.45, 7) is 2.19. The molecule has 0 atom stereocenters. The topological polar surface area (TPSA) is 4.93 Å². The molecular weight excluding hydrogens is 218 g/mol. The van der Waals surface area contributed by atoms with E-state index in [-0.39, 0.29) is 0 Å². The largest absolute Gasteiger partial charge is 0.351 e. The Morgan fingerprint density at radius 1 is 0.889 bits per heavy atom. The summed E-state index contributed by atoms with van der Waals surface area (Å²) in [7, 11) is 2.08. The van der Waals surface area contributed by atoms with E-state index in [1.54, 1.807) is 0 Å². The maximum atomic E-state index is 2.26. The summed E-state index contributed by atoms with van der Waals surface area (Å²) in [5, 5.41) is 1.30. The van der Waals surface area contributed by atoms with Gasteiger partial charge in [0.05, 0.1) is 0 Å². The number of hydrogen-bond acceptors (Lipinski definition) is 0. The lowest BCUT2D eigenvalue weighted by Gasteiger charge is -2.04. The first-order valence-electron chi connectivity index (χ1n) is 6.42. The monoisotopic (exact) mass is 235 g/mol. The Labute approximate surface area is 108 Å². The fourth-order valence-corrected chi connectivity index (χ4v) is 2.39. The van der Waals surface area contributed by atoms with Gasteiger partial charge in [-0.05, 0) is 41.3 Å². The maximum absolute atomic E-state index is 2.26. The minimum absolute atomic E-state index is 1.10. The van der Waals surface area contributed by atoms with Gasteiger partial charge >= 0.3 is 0 Å². The van der Waals surface area contributed by atoms with Gasteiger partial charge in [0.25, 0.3) is 0 Å². The predicted molar refractivity (Wildman–Crippen MR) is 77.7 cm³/mol. The quantitative estimate of drug-likeness (QED) is 0.620. The van der Waals surface area contributed by atoms with Crippen molar-refractivity contribution in [3.05, 3.63) is 60.3 Å². The molecule has 0 radical (unpaired) electrons. The van der Waals surface area contributed by atoms with Gasteiger partial charge in [0, 0.05) is 24.1 Å². The van der Waals surface area contributed by atoms with Crippen molar-refractivity contribution in [3.8, 4) is 11.1 Å². The molecule has 3 rings (SSSR count). The molecule has 0 saturated heterocycles. The Morgan fingerprint density at radius 2 is 1.61 bits per heavy atom. The van der Waals surface area contributed by atoms with Crippen molar-refractivity contribution in [2.24, 2.45) is 7.05 Å². The number of hydrogen-bond donors (Lipinski definition) is 0. The molecule has 0 saturated carbocycles. The fourth-order valence-electron chi connectivity index (χ4n) is 2.39. The molecule has 0 fully saturated rings. The van der Waals surface area contributed by atoms with Crippen LogP contribution in [-0.4, -0.2) is 4.57 Å². The van der Waals surface area contributed by atoms with Gasteiger partial charge in [0.15, 0.2) is 0 Å². The van der Waals surface area contributed by atoms with Crippen LogP contribution >= 0.6 is 0 Å². The normalized spacial score (nSPS) is 11.0. The van der Waals surface area contributed by atoms with Crippen molar-refractivity contribution in [3.63, 3.8) is 0 Å². The van der Waals surface area contributed by atoms with Crippen LogP contribution in [0, 0.1) is 0 Å². The number of fused-ring (bicyclic) bond motifs is 1. The molecule has 0 amide bonds. The molecule has 18 heavy (non-hydrogen) atoms. The van der Waals surface area contributed by atoms with Crippen molar-refractivity contribution >= 4 is 10.9 Å². The number of nitrogens with zero attached hydrogens (tertiary/aromatic N) is 1. The third kappa shape index (κ3) is 1.82. The van der Waals surface area contributed by atoms with E-state index in [1.807, 2.05) is 0 Å². The Hall–Kier alpha value is -2.02. The van der Waals surface area contributed by atoms with E-state index >= 15 is 0 Å². The van der Waals surface area contributed by atoms with Crippen LogP contribution in [0.2, 0.25) is 0 Å². The van der Waals surface area contributed by atoms with Crippen LogP contribution in [-0.2, 0) is 13.5 Å².